The largest absolute Gasteiger partial charge is 0.465 e. The number of nitrogen functional groups attached to an aromatic ring is 1. The van der Waals surface area contributed by atoms with E-state index in [1.807, 2.05) is 74.5 Å². The first-order chi connectivity index (χ1) is 19.3. The van der Waals surface area contributed by atoms with Crippen molar-refractivity contribution in [1.29, 1.82) is 0 Å². The Morgan fingerprint density at radius 2 is 1.18 bits per heavy atom. The smallest absolute Gasteiger partial charge is 0.337 e. The van der Waals surface area contributed by atoms with Crippen molar-refractivity contribution >= 4 is 17.6 Å². The maximum atomic E-state index is 11.9. The highest BCUT2D eigenvalue weighted by atomic mass is 16.5. The van der Waals surface area contributed by atoms with Gasteiger partial charge in [-0.05, 0) is 82.9 Å². The molecule has 0 fully saturated rings. The Balaban J connectivity index is 0.000000189. The van der Waals surface area contributed by atoms with Crippen LogP contribution in [0.4, 0.5) is 5.69 Å². The number of anilines is 1. The fraction of sp³-hybridized carbons (Fsp3) is 0.129. The van der Waals surface area contributed by atoms with Crippen LogP contribution in [0.5, 0.6) is 0 Å². The number of aryl methyl sites for hydroxylation is 2. The number of aromatic nitrogens is 4. The summed E-state index contributed by atoms with van der Waals surface area (Å²) in [5, 5.41) is 11.1. The highest BCUT2D eigenvalue weighted by molar-refractivity contribution is 5.93. The third kappa shape index (κ3) is 6.76. The third-order valence-corrected chi connectivity index (χ3v) is 6.10. The van der Waals surface area contributed by atoms with Gasteiger partial charge in [0.15, 0.2) is 0 Å². The number of methoxy groups -OCH3 is 2. The average Bonchev–Trinajstić information content (AvgIpc) is 3.52. The molecule has 9 nitrogen and oxygen atoms in total. The Morgan fingerprint density at radius 1 is 0.675 bits per heavy atom. The predicted molar refractivity (Wildman–Crippen MR) is 153 cm³/mol. The molecule has 2 N–H and O–H groups in total. The van der Waals surface area contributed by atoms with Crippen molar-refractivity contribution in [2.24, 2.45) is 0 Å². The lowest BCUT2D eigenvalue weighted by Gasteiger charge is -2.09. The van der Waals surface area contributed by atoms with E-state index in [0.717, 1.165) is 22.3 Å². The minimum Gasteiger partial charge on any atom is -0.465 e. The van der Waals surface area contributed by atoms with Crippen LogP contribution in [0, 0.1) is 13.8 Å². The van der Waals surface area contributed by atoms with Crippen LogP contribution in [-0.2, 0) is 9.47 Å². The van der Waals surface area contributed by atoms with E-state index < -0.39 is 5.97 Å². The highest BCUT2D eigenvalue weighted by Crippen LogP contribution is 2.26. The van der Waals surface area contributed by atoms with Gasteiger partial charge in [0.25, 0.3) is 0 Å². The number of nitrogens with zero attached hydrogens (tertiary/aromatic N) is 4. The number of ether oxygens (including phenoxy) is 2. The van der Waals surface area contributed by atoms with Gasteiger partial charge in [0.05, 0.1) is 31.0 Å². The van der Waals surface area contributed by atoms with E-state index in [9.17, 15) is 9.59 Å². The molecule has 40 heavy (non-hydrogen) atoms. The molecule has 202 valence electrons. The molecule has 1 heterocycles. The molecule has 0 unspecified atom stereocenters. The van der Waals surface area contributed by atoms with E-state index in [-0.39, 0.29) is 5.97 Å². The highest BCUT2D eigenvalue weighted by Gasteiger charge is 2.12. The first-order valence-electron chi connectivity index (χ1n) is 12.4. The van der Waals surface area contributed by atoms with E-state index in [0.29, 0.717) is 22.5 Å². The SMILES string of the molecule is COC(=O)c1cc(-c2ccc(C)cc2)cc(-n2cnnn2)c1.COC(=O)c1cc(N)cc(-c2ccc(C)cc2)c1. The molecule has 0 aliphatic rings. The van der Waals surface area contributed by atoms with Gasteiger partial charge in [-0.25, -0.2) is 14.3 Å². The molecule has 0 bridgehead atoms. The van der Waals surface area contributed by atoms with E-state index in [2.05, 4.69) is 15.5 Å². The second-order valence-electron chi connectivity index (χ2n) is 9.08. The lowest BCUT2D eigenvalue weighted by Crippen LogP contribution is -2.04. The quantitative estimate of drug-likeness (QED) is 0.233. The van der Waals surface area contributed by atoms with Crippen molar-refractivity contribution < 1.29 is 19.1 Å². The summed E-state index contributed by atoms with van der Waals surface area (Å²) in [6.07, 6.45) is 1.48. The number of esters is 2. The predicted octanol–water partition coefficient (Wildman–Crippen LogP) is 5.46. The Morgan fingerprint density at radius 3 is 1.65 bits per heavy atom. The van der Waals surface area contributed by atoms with Crippen molar-refractivity contribution in [2.75, 3.05) is 20.0 Å². The van der Waals surface area contributed by atoms with E-state index in [1.54, 1.807) is 24.3 Å². The van der Waals surface area contributed by atoms with Crippen molar-refractivity contribution in [1.82, 2.24) is 20.2 Å². The number of hydrogen-bond donors (Lipinski definition) is 1. The van der Waals surface area contributed by atoms with Crippen LogP contribution >= 0.6 is 0 Å². The summed E-state index contributed by atoms with van der Waals surface area (Å²) in [6.45, 7) is 4.06. The molecule has 1 aromatic heterocycles. The van der Waals surface area contributed by atoms with Crippen LogP contribution < -0.4 is 5.73 Å². The number of hydrogen-bond acceptors (Lipinski definition) is 8. The summed E-state index contributed by atoms with van der Waals surface area (Å²) in [5.74, 6) is -0.779. The number of benzene rings is 4. The van der Waals surface area contributed by atoms with Gasteiger partial charge in [-0.1, -0.05) is 59.7 Å². The van der Waals surface area contributed by atoms with E-state index in [4.69, 9.17) is 15.2 Å². The molecule has 0 saturated heterocycles. The third-order valence-electron chi connectivity index (χ3n) is 6.10. The van der Waals surface area contributed by atoms with Gasteiger partial charge in [-0.2, -0.15) is 0 Å². The summed E-state index contributed by atoms with van der Waals surface area (Å²) in [7, 11) is 2.72. The van der Waals surface area contributed by atoms with Crippen LogP contribution in [0.3, 0.4) is 0 Å². The van der Waals surface area contributed by atoms with Crippen molar-refractivity contribution in [3.05, 3.63) is 114 Å². The molecular formula is C31H29N5O4. The van der Waals surface area contributed by atoms with Gasteiger partial charge in [0.2, 0.25) is 0 Å². The summed E-state index contributed by atoms with van der Waals surface area (Å²) < 4.78 is 11.0. The molecule has 9 heteroatoms. The topological polar surface area (TPSA) is 122 Å². The maximum Gasteiger partial charge on any atom is 0.337 e. The van der Waals surface area contributed by atoms with Crippen molar-refractivity contribution in [3.63, 3.8) is 0 Å². The molecule has 0 spiro atoms. The fourth-order valence-corrected chi connectivity index (χ4v) is 3.97. The Kier molecular flexibility index (Phi) is 8.65. The van der Waals surface area contributed by atoms with Gasteiger partial charge in [-0.15, -0.1) is 5.10 Å². The van der Waals surface area contributed by atoms with E-state index >= 15 is 0 Å². The van der Waals surface area contributed by atoms with Crippen molar-refractivity contribution in [3.8, 4) is 27.9 Å². The second kappa shape index (κ2) is 12.5. The van der Waals surface area contributed by atoms with Gasteiger partial charge < -0.3 is 15.2 Å². The lowest BCUT2D eigenvalue weighted by molar-refractivity contribution is 0.0592. The van der Waals surface area contributed by atoms with Crippen LogP contribution in [0.1, 0.15) is 31.8 Å². The molecule has 5 rings (SSSR count). The number of carbonyl (C=O) groups excluding carboxylic acids is 2. The molecule has 0 saturated carbocycles. The van der Waals surface area contributed by atoms with Gasteiger partial charge >= 0.3 is 11.9 Å². The second-order valence-corrected chi connectivity index (χ2v) is 9.08. The molecule has 0 atom stereocenters. The molecular weight excluding hydrogens is 506 g/mol. The molecule has 0 radical (unpaired) electrons. The standard InChI is InChI=1S/C16H14N4O2.C15H15NO2/c1-11-3-5-12(6-4-11)13-7-14(16(21)22-2)9-15(8-13)20-10-17-18-19-20;1-10-3-5-11(6-4-10)12-7-13(15(17)18-2)9-14(16)8-12/h3-10H,1-2H3;3-9H,16H2,1-2H3. The van der Waals surface area contributed by atoms with Gasteiger partial charge in [0.1, 0.15) is 6.33 Å². The Bertz CT molecular complexity index is 1610. The molecule has 0 aliphatic heterocycles. The Hall–Kier alpha value is -5.31. The summed E-state index contributed by atoms with van der Waals surface area (Å²) in [6, 6.07) is 26.8. The van der Waals surface area contributed by atoms with Crippen LogP contribution in [0.2, 0.25) is 0 Å². The molecule has 5 aromatic rings. The number of tetrazole rings is 1. The van der Waals surface area contributed by atoms with Crippen LogP contribution in [0.15, 0.2) is 91.3 Å². The number of nitrogens with two attached hydrogens (primary N) is 1. The van der Waals surface area contributed by atoms with Gasteiger partial charge in [-0.3, -0.25) is 0 Å². The van der Waals surface area contributed by atoms with Gasteiger partial charge in [0, 0.05) is 5.69 Å². The average molecular weight is 536 g/mol. The normalized spacial score (nSPS) is 10.3. The minimum absolute atomic E-state index is 0.379. The summed E-state index contributed by atoms with van der Waals surface area (Å²) in [5.41, 5.74) is 14.2. The van der Waals surface area contributed by atoms with E-state index in [1.165, 1.54) is 36.4 Å². The summed E-state index contributed by atoms with van der Waals surface area (Å²) in [4.78, 5) is 23.4. The minimum atomic E-state index is -0.400. The lowest BCUT2D eigenvalue weighted by atomic mass is 10.0. The first kappa shape index (κ1) is 27.7. The summed E-state index contributed by atoms with van der Waals surface area (Å²) >= 11 is 0. The monoisotopic (exact) mass is 535 g/mol. The zero-order chi connectivity index (χ0) is 28.6. The zero-order valence-corrected chi connectivity index (χ0v) is 22.7. The fourth-order valence-electron chi connectivity index (χ4n) is 3.97. The molecule has 0 aliphatic carbocycles. The first-order valence-corrected chi connectivity index (χ1v) is 12.4. The number of carbonyl (C=O) groups is 2. The molecule has 4 aromatic carbocycles. The maximum absolute atomic E-state index is 11.9. The van der Waals surface area contributed by atoms with Crippen LogP contribution in [0.25, 0.3) is 27.9 Å². The Labute approximate surface area is 232 Å². The zero-order valence-electron chi connectivity index (χ0n) is 22.7. The molecule has 0 amide bonds. The van der Waals surface area contributed by atoms with Crippen molar-refractivity contribution in [2.45, 2.75) is 13.8 Å². The van der Waals surface area contributed by atoms with Crippen LogP contribution in [-0.4, -0.2) is 46.4 Å². The number of rotatable bonds is 5.